The summed E-state index contributed by atoms with van der Waals surface area (Å²) in [5, 5.41) is -0.210. The molecular formula is C15H21ClO2. The molecule has 3 heteroatoms. The molecule has 0 spiro atoms. The lowest BCUT2D eigenvalue weighted by Crippen LogP contribution is -2.13. The van der Waals surface area contributed by atoms with Crippen molar-refractivity contribution in [2.75, 3.05) is 7.11 Å². The van der Waals surface area contributed by atoms with Crippen LogP contribution >= 0.6 is 11.6 Å². The molecule has 0 heterocycles. The first-order valence-electron chi connectivity index (χ1n) is 6.13. The molecule has 0 fully saturated rings. The highest BCUT2D eigenvalue weighted by molar-refractivity contribution is 6.21. The van der Waals surface area contributed by atoms with Crippen LogP contribution in [0.2, 0.25) is 0 Å². The molecule has 0 aliphatic rings. The fourth-order valence-corrected chi connectivity index (χ4v) is 2.04. The minimum absolute atomic E-state index is 0.158. The van der Waals surface area contributed by atoms with E-state index in [1.807, 2.05) is 0 Å². The minimum atomic E-state index is -0.263. The molecule has 0 bridgehead atoms. The third-order valence-corrected chi connectivity index (χ3v) is 3.20. The molecule has 0 N–H and O–H groups in total. The predicted octanol–water partition coefficient (Wildman–Crippen LogP) is 3.70. The van der Waals surface area contributed by atoms with Crippen molar-refractivity contribution in [1.82, 2.24) is 0 Å². The van der Waals surface area contributed by atoms with Gasteiger partial charge in [-0.25, -0.2) is 0 Å². The van der Waals surface area contributed by atoms with Crippen molar-refractivity contribution in [2.24, 2.45) is 0 Å². The Labute approximate surface area is 114 Å². The second-order valence-electron chi connectivity index (χ2n) is 5.53. The van der Waals surface area contributed by atoms with Gasteiger partial charge in [-0.15, -0.1) is 11.6 Å². The Morgan fingerprint density at radius 2 is 1.83 bits per heavy atom. The van der Waals surface area contributed by atoms with Crippen molar-refractivity contribution in [1.29, 1.82) is 0 Å². The van der Waals surface area contributed by atoms with Gasteiger partial charge in [0.05, 0.1) is 13.5 Å². The van der Waals surface area contributed by atoms with Crippen molar-refractivity contribution < 1.29 is 9.53 Å². The van der Waals surface area contributed by atoms with E-state index >= 15 is 0 Å². The molecule has 100 valence electrons. The molecule has 1 unspecified atom stereocenters. The average Bonchev–Trinajstić information content (AvgIpc) is 2.28. The van der Waals surface area contributed by atoms with E-state index in [0.29, 0.717) is 6.42 Å². The average molecular weight is 269 g/mol. The van der Waals surface area contributed by atoms with Gasteiger partial charge in [0.2, 0.25) is 0 Å². The number of hydrogen-bond acceptors (Lipinski definition) is 2. The SMILES string of the molecule is COC(=O)CC(Cl)Cc1ccc(C(C)(C)C)cc1. The zero-order valence-corrected chi connectivity index (χ0v) is 12.3. The van der Waals surface area contributed by atoms with Crippen LogP contribution in [-0.4, -0.2) is 18.5 Å². The lowest BCUT2D eigenvalue weighted by Gasteiger charge is -2.19. The maximum absolute atomic E-state index is 11.1. The molecule has 0 radical (unpaired) electrons. The summed E-state index contributed by atoms with van der Waals surface area (Å²) in [7, 11) is 1.38. The van der Waals surface area contributed by atoms with Crippen molar-refractivity contribution >= 4 is 17.6 Å². The zero-order valence-electron chi connectivity index (χ0n) is 11.5. The second-order valence-corrected chi connectivity index (χ2v) is 6.15. The summed E-state index contributed by atoms with van der Waals surface area (Å²) in [5.41, 5.74) is 2.60. The fourth-order valence-electron chi connectivity index (χ4n) is 1.73. The Morgan fingerprint density at radius 1 is 1.28 bits per heavy atom. The predicted molar refractivity (Wildman–Crippen MR) is 75.1 cm³/mol. The molecule has 0 aromatic heterocycles. The van der Waals surface area contributed by atoms with Crippen LogP contribution in [0.5, 0.6) is 0 Å². The van der Waals surface area contributed by atoms with Crippen LogP contribution < -0.4 is 0 Å². The van der Waals surface area contributed by atoms with Gasteiger partial charge in [0.25, 0.3) is 0 Å². The van der Waals surface area contributed by atoms with E-state index in [9.17, 15) is 4.79 Å². The largest absolute Gasteiger partial charge is 0.469 e. The topological polar surface area (TPSA) is 26.3 Å². The standard InChI is InChI=1S/C15H21ClO2/c1-15(2,3)12-7-5-11(6-8-12)9-13(16)10-14(17)18-4/h5-8,13H,9-10H2,1-4H3. The van der Waals surface area contributed by atoms with Gasteiger partial charge in [-0.2, -0.15) is 0 Å². The number of rotatable bonds is 4. The third-order valence-electron chi connectivity index (χ3n) is 2.89. The molecule has 2 nitrogen and oxygen atoms in total. The molecule has 1 aromatic rings. The molecule has 1 rings (SSSR count). The highest BCUT2D eigenvalue weighted by Gasteiger charge is 2.15. The molecule has 0 saturated heterocycles. The fraction of sp³-hybridized carbons (Fsp3) is 0.533. The van der Waals surface area contributed by atoms with E-state index in [2.05, 4.69) is 49.8 Å². The molecular weight excluding hydrogens is 248 g/mol. The third kappa shape index (κ3) is 4.69. The quantitative estimate of drug-likeness (QED) is 0.615. The van der Waals surface area contributed by atoms with E-state index in [4.69, 9.17) is 11.6 Å². The second kappa shape index (κ2) is 6.24. The number of carbonyl (C=O) groups excluding carboxylic acids is 1. The van der Waals surface area contributed by atoms with E-state index in [-0.39, 0.29) is 23.2 Å². The summed E-state index contributed by atoms with van der Waals surface area (Å²) in [6, 6.07) is 8.40. The Morgan fingerprint density at radius 3 is 2.28 bits per heavy atom. The number of ether oxygens (including phenoxy) is 1. The van der Waals surface area contributed by atoms with Gasteiger partial charge >= 0.3 is 5.97 Å². The summed E-state index contributed by atoms with van der Waals surface area (Å²) in [4.78, 5) is 11.1. The lowest BCUT2D eigenvalue weighted by molar-refractivity contribution is -0.140. The summed E-state index contributed by atoms with van der Waals surface area (Å²) < 4.78 is 4.60. The number of alkyl halides is 1. The molecule has 18 heavy (non-hydrogen) atoms. The Bertz CT molecular complexity index is 390. The van der Waals surface area contributed by atoms with Gasteiger partial charge in [0.15, 0.2) is 0 Å². The molecule has 0 aliphatic heterocycles. The van der Waals surface area contributed by atoms with E-state index in [1.165, 1.54) is 12.7 Å². The Balaban J connectivity index is 2.61. The normalized spacial score (nSPS) is 13.2. The smallest absolute Gasteiger partial charge is 0.307 e. The summed E-state index contributed by atoms with van der Waals surface area (Å²) in [6.07, 6.45) is 0.931. The van der Waals surface area contributed by atoms with Gasteiger partial charge in [0, 0.05) is 5.38 Å². The molecule has 0 amide bonds. The van der Waals surface area contributed by atoms with Gasteiger partial charge < -0.3 is 4.74 Å². The van der Waals surface area contributed by atoms with Crippen molar-refractivity contribution in [2.45, 2.75) is 44.4 Å². The van der Waals surface area contributed by atoms with Gasteiger partial charge in [-0.1, -0.05) is 45.0 Å². The summed E-state index contributed by atoms with van der Waals surface area (Å²) in [6.45, 7) is 6.55. The highest BCUT2D eigenvalue weighted by Crippen LogP contribution is 2.23. The maximum Gasteiger partial charge on any atom is 0.307 e. The number of carbonyl (C=O) groups is 1. The van der Waals surface area contributed by atoms with E-state index < -0.39 is 0 Å². The monoisotopic (exact) mass is 268 g/mol. The number of benzene rings is 1. The molecule has 1 aromatic carbocycles. The van der Waals surface area contributed by atoms with Crippen LogP contribution in [0.25, 0.3) is 0 Å². The molecule has 0 aliphatic carbocycles. The first kappa shape index (κ1) is 15.0. The van der Waals surface area contributed by atoms with Gasteiger partial charge in [-0.3, -0.25) is 4.79 Å². The first-order chi connectivity index (χ1) is 8.32. The van der Waals surface area contributed by atoms with Gasteiger partial charge in [0.1, 0.15) is 0 Å². The number of methoxy groups -OCH3 is 1. The summed E-state index contributed by atoms with van der Waals surface area (Å²) >= 11 is 6.12. The van der Waals surface area contributed by atoms with Crippen LogP contribution in [-0.2, 0) is 21.4 Å². The maximum atomic E-state index is 11.1. The summed E-state index contributed by atoms with van der Waals surface area (Å²) in [5.74, 6) is -0.263. The zero-order chi connectivity index (χ0) is 13.8. The van der Waals surface area contributed by atoms with Crippen LogP contribution in [0.1, 0.15) is 38.3 Å². The number of hydrogen-bond donors (Lipinski definition) is 0. The lowest BCUT2D eigenvalue weighted by atomic mass is 9.86. The van der Waals surface area contributed by atoms with Crippen LogP contribution in [0.4, 0.5) is 0 Å². The van der Waals surface area contributed by atoms with Crippen LogP contribution in [0.3, 0.4) is 0 Å². The van der Waals surface area contributed by atoms with E-state index in [0.717, 1.165) is 5.56 Å². The van der Waals surface area contributed by atoms with Crippen molar-refractivity contribution in [3.63, 3.8) is 0 Å². The number of halogens is 1. The minimum Gasteiger partial charge on any atom is -0.469 e. The number of esters is 1. The van der Waals surface area contributed by atoms with Crippen LogP contribution in [0, 0.1) is 0 Å². The Hall–Kier alpha value is -1.02. The van der Waals surface area contributed by atoms with Crippen LogP contribution in [0.15, 0.2) is 24.3 Å². The van der Waals surface area contributed by atoms with E-state index in [1.54, 1.807) is 0 Å². The van der Waals surface area contributed by atoms with Crippen molar-refractivity contribution in [3.05, 3.63) is 35.4 Å². The van der Waals surface area contributed by atoms with Crippen molar-refractivity contribution in [3.8, 4) is 0 Å². The highest BCUT2D eigenvalue weighted by atomic mass is 35.5. The first-order valence-corrected chi connectivity index (χ1v) is 6.57. The molecule has 0 saturated carbocycles. The van der Waals surface area contributed by atoms with Gasteiger partial charge in [-0.05, 0) is 23.0 Å². The Kier molecular flexibility index (Phi) is 5.21. The molecule has 1 atom stereocenters.